The molecule has 0 amide bonds. The predicted molar refractivity (Wildman–Crippen MR) is 60.4 cm³/mol. The highest BCUT2D eigenvalue weighted by atomic mass is 15.0. The van der Waals surface area contributed by atoms with Gasteiger partial charge in [-0.1, -0.05) is 30.7 Å². The van der Waals surface area contributed by atoms with Gasteiger partial charge >= 0.3 is 0 Å². The number of benzene rings is 1. The highest BCUT2D eigenvalue weighted by Gasteiger charge is 2.28. The Bertz CT molecular complexity index is 311. The first-order valence-corrected chi connectivity index (χ1v) is 5.53. The van der Waals surface area contributed by atoms with Gasteiger partial charge in [-0.05, 0) is 44.4 Å². The zero-order valence-corrected chi connectivity index (χ0v) is 9.14. The molecule has 1 aromatic rings. The van der Waals surface area contributed by atoms with Crippen molar-refractivity contribution in [1.82, 2.24) is 5.32 Å². The number of aryl methyl sites for hydroxylation is 1. The Labute approximate surface area is 86.5 Å². The van der Waals surface area contributed by atoms with Crippen molar-refractivity contribution in [2.24, 2.45) is 0 Å². The van der Waals surface area contributed by atoms with E-state index in [1.165, 1.54) is 30.4 Å². The van der Waals surface area contributed by atoms with E-state index in [1.807, 2.05) is 0 Å². The highest BCUT2D eigenvalue weighted by molar-refractivity contribution is 5.32. The minimum Gasteiger partial charge on any atom is -0.308 e. The zero-order chi connectivity index (χ0) is 10.0. The molecule has 0 aliphatic carbocycles. The second kappa shape index (κ2) is 3.74. The molecule has 14 heavy (non-hydrogen) atoms. The minimum absolute atomic E-state index is 0.212. The third-order valence-electron chi connectivity index (χ3n) is 3.36. The standard InChI is InChI=1S/C13H19N/c1-11-7-3-4-8-12(11)13(2)9-5-6-10-14-13/h3-4,7-8,14H,5-6,9-10H2,1-2H3. The summed E-state index contributed by atoms with van der Waals surface area (Å²) in [5.74, 6) is 0. The van der Waals surface area contributed by atoms with Crippen LogP contribution >= 0.6 is 0 Å². The third kappa shape index (κ3) is 1.69. The Kier molecular flexibility index (Phi) is 2.60. The quantitative estimate of drug-likeness (QED) is 0.716. The number of hydrogen-bond donors (Lipinski definition) is 1. The summed E-state index contributed by atoms with van der Waals surface area (Å²) in [6.07, 6.45) is 3.93. The van der Waals surface area contributed by atoms with E-state index >= 15 is 0 Å². The van der Waals surface area contributed by atoms with Crippen molar-refractivity contribution in [3.63, 3.8) is 0 Å². The molecule has 1 heterocycles. The molecule has 1 aliphatic heterocycles. The average molecular weight is 189 g/mol. The van der Waals surface area contributed by atoms with Gasteiger partial charge in [-0.2, -0.15) is 0 Å². The SMILES string of the molecule is Cc1ccccc1C1(C)CCCCN1. The molecule has 1 aromatic carbocycles. The molecule has 0 saturated carbocycles. The predicted octanol–water partition coefficient (Wildman–Crippen LogP) is 2.98. The van der Waals surface area contributed by atoms with E-state index < -0.39 is 0 Å². The minimum atomic E-state index is 0.212. The Hall–Kier alpha value is -0.820. The Morgan fingerprint density at radius 3 is 2.64 bits per heavy atom. The van der Waals surface area contributed by atoms with Gasteiger partial charge in [0.05, 0.1) is 0 Å². The molecule has 1 saturated heterocycles. The molecule has 0 radical (unpaired) electrons. The smallest absolute Gasteiger partial charge is 0.0408 e. The zero-order valence-electron chi connectivity index (χ0n) is 9.14. The summed E-state index contributed by atoms with van der Waals surface area (Å²) in [5, 5.41) is 3.65. The first kappa shape index (κ1) is 9.72. The molecule has 1 nitrogen and oxygen atoms in total. The molecule has 1 atom stereocenters. The molecule has 0 spiro atoms. The number of hydrogen-bond acceptors (Lipinski definition) is 1. The second-order valence-corrected chi connectivity index (χ2v) is 4.53. The molecule has 76 valence electrons. The van der Waals surface area contributed by atoms with Crippen LogP contribution in [0, 0.1) is 6.92 Å². The van der Waals surface area contributed by atoms with E-state index in [9.17, 15) is 0 Å². The summed E-state index contributed by atoms with van der Waals surface area (Å²) in [5.41, 5.74) is 3.09. The molecule has 0 bridgehead atoms. The summed E-state index contributed by atoms with van der Waals surface area (Å²) in [6.45, 7) is 5.69. The number of nitrogens with one attached hydrogen (secondary N) is 1. The van der Waals surface area contributed by atoms with E-state index in [2.05, 4.69) is 43.4 Å². The van der Waals surface area contributed by atoms with Crippen LogP contribution in [0.4, 0.5) is 0 Å². The van der Waals surface area contributed by atoms with E-state index in [1.54, 1.807) is 0 Å². The number of rotatable bonds is 1. The lowest BCUT2D eigenvalue weighted by molar-refractivity contribution is 0.282. The van der Waals surface area contributed by atoms with Crippen LogP contribution in [0.15, 0.2) is 24.3 Å². The van der Waals surface area contributed by atoms with Crippen LogP contribution in [0.25, 0.3) is 0 Å². The Morgan fingerprint density at radius 1 is 1.21 bits per heavy atom. The normalized spacial score (nSPS) is 27.6. The molecule has 1 aliphatic rings. The molecule has 0 aromatic heterocycles. The average Bonchev–Trinajstić information content (AvgIpc) is 2.19. The maximum Gasteiger partial charge on any atom is 0.0408 e. The maximum absolute atomic E-state index is 3.65. The monoisotopic (exact) mass is 189 g/mol. The van der Waals surface area contributed by atoms with Crippen LogP contribution in [0.5, 0.6) is 0 Å². The maximum atomic E-state index is 3.65. The fourth-order valence-corrected chi connectivity index (χ4v) is 2.48. The van der Waals surface area contributed by atoms with Crippen LogP contribution in [-0.4, -0.2) is 6.54 Å². The highest BCUT2D eigenvalue weighted by Crippen LogP contribution is 2.31. The molecule has 1 fully saturated rings. The molecular weight excluding hydrogens is 170 g/mol. The first-order chi connectivity index (χ1) is 6.72. The lowest BCUT2D eigenvalue weighted by atomic mass is 9.82. The van der Waals surface area contributed by atoms with E-state index in [0.29, 0.717) is 0 Å². The van der Waals surface area contributed by atoms with Gasteiger partial charge in [-0.25, -0.2) is 0 Å². The van der Waals surface area contributed by atoms with Crippen LogP contribution in [-0.2, 0) is 5.54 Å². The van der Waals surface area contributed by atoms with Crippen molar-refractivity contribution >= 4 is 0 Å². The van der Waals surface area contributed by atoms with Crippen LogP contribution in [0.2, 0.25) is 0 Å². The lowest BCUT2D eigenvalue weighted by Crippen LogP contribution is -2.43. The van der Waals surface area contributed by atoms with Crippen molar-refractivity contribution < 1.29 is 0 Å². The molecule has 2 rings (SSSR count). The van der Waals surface area contributed by atoms with Crippen molar-refractivity contribution in [2.45, 2.75) is 38.6 Å². The summed E-state index contributed by atoms with van der Waals surface area (Å²) in [4.78, 5) is 0. The van der Waals surface area contributed by atoms with Crippen molar-refractivity contribution in [3.8, 4) is 0 Å². The van der Waals surface area contributed by atoms with Gasteiger partial charge in [0.2, 0.25) is 0 Å². The summed E-state index contributed by atoms with van der Waals surface area (Å²) in [7, 11) is 0. The fourth-order valence-electron chi connectivity index (χ4n) is 2.48. The van der Waals surface area contributed by atoms with Gasteiger partial charge in [0, 0.05) is 5.54 Å². The van der Waals surface area contributed by atoms with Gasteiger partial charge in [0.1, 0.15) is 0 Å². The number of piperidine rings is 1. The first-order valence-electron chi connectivity index (χ1n) is 5.53. The van der Waals surface area contributed by atoms with Crippen LogP contribution in [0.1, 0.15) is 37.3 Å². The van der Waals surface area contributed by atoms with E-state index in [4.69, 9.17) is 0 Å². The van der Waals surface area contributed by atoms with Gasteiger partial charge in [-0.15, -0.1) is 0 Å². The summed E-state index contributed by atoms with van der Waals surface area (Å²) >= 11 is 0. The van der Waals surface area contributed by atoms with Crippen LogP contribution in [0.3, 0.4) is 0 Å². The van der Waals surface area contributed by atoms with Gasteiger partial charge in [0.15, 0.2) is 0 Å². The van der Waals surface area contributed by atoms with E-state index in [-0.39, 0.29) is 5.54 Å². The Balaban J connectivity index is 2.32. The van der Waals surface area contributed by atoms with Gasteiger partial charge < -0.3 is 5.32 Å². The Morgan fingerprint density at radius 2 is 2.00 bits per heavy atom. The fraction of sp³-hybridized carbons (Fsp3) is 0.538. The molecule has 1 N–H and O–H groups in total. The van der Waals surface area contributed by atoms with Crippen molar-refractivity contribution in [2.75, 3.05) is 6.54 Å². The topological polar surface area (TPSA) is 12.0 Å². The summed E-state index contributed by atoms with van der Waals surface area (Å²) in [6, 6.07) is 8.72. The van der Waals surface area contributed by atoms with Crippen molar-refractivity contribution in [3.05, 3.63) is 35.4 Å². The van der Waals surface area contributed by atoms with Crippen molar-refractivity contribution in [1.29, 1.82) is 0 Å². The van der Waals surface area contributed by atoms with E-state index in [0.717, 1.165) is 6.54 Å². The third-order valence-corrected chi connectivity index (χ3v) is 3.36. The van der Waals surface area contributed by atoms with Gasteiger partial charge in [-0.3, -0.25) is 0 Å². The largest absolute Gasteiger partial charge is 0.308 e. The summed E-state index contributed by atoms with van der Waals surface area (Å²) < 4.78 is 0. The van der Waals surface area contributed by atoms with Gasteiger partial charge in [0.25, 0.3) is 0 Å². The molecular formula is C13H19N. The lowest BCUT2D eigenvalue weighted by Gasteiger charge is -2.36. The molecule has 1 unspecified atom stereocenters. The van der Waals surface area contributed by atoms with Crippen LogP contribution < -0.4 is 5.32 Å². The molecule has 1 heteroatoms. The second-order valence-electron chi connectivity index (χ2n) is 4.53.